The maximum atomic E-state index is 12.6. The number of aromatic nitrogens is 1. The van der Waals surface area contributed by atoms with E-state index in [0.29, 0.717) is 33.9 Å². The molecule has 27 heavy (non-hydrogen) atoms. The number of amides is 2. The van der Waals surface area contributed by atoms with Crippen LogP contribution in [0.25, 0.3) is 0 Å². The molecule has 0 bridgehead atoms. The Balaban J connectivity index is 1.80. The lowest BCUT2D eigenvalue weighted by Crippen LogP contribution is -2.35. The van der Waals surface area contributed by atoms with E-state index in [-0.39, 0.29) is 23.4 Å². The minimum absolute atomic E-state index is 0.0150. The lowest BCUT2D eigenvalue weighted by atomic mass is 10.2. The van der Waals surface area contributed by atoms with Gasteiger partial charge in [0.05, 0.1) is 24.0 Å². The number of halogens is 1. The zero-order valence-corrected chi connectivity index (χ0v) is 16.6. The van der Waals surface area contributed by atoms with Crippen LogP contribution in [-0.2, 0) is 9.53 Å². The number of thiazole rings is 1. The van der Waals surface area contributed by atoms with Gasteiger partial charge in [0.1, 0.15) is 10.6 Å². The topological polar surface area (TPSA) is 91.8 Å². The Labute approximate surface area is 165 Å². The van der Waals surface area contributed by atoms with Crippen molar-refractivity contribution < 1.29 is 19.4 Å². The van der Waals surface area contributed by atoms with Gasteiger partial charge in [0, 0.05) is 18.6 Å². The Morgan fingerprint density at radius 3 is 2.93 bits per heavy atom. The molecule has 1 aliphatic heterocycles. The minimum atomic E-state index is -0.422. The van der Waals surface area contributed by atoms with Crippen molar-refractivity contribution in [2.45, 2.75) is 32.8 Å². The number of hydrogen-bond acceptors (Lipinski definition) is 6. The molecule has 9 heteroatoms. The highest BCUT2D eigenvalue weighted by Gasteiger charge is 2.26. The molecule has 0 saturated carbocycles. The molecule has 0 aliphatic carbocycles. The van der Waals surface area contributed by atoms with Crippen LogP contribution in [0.15, 0.2) is 18.2 Å². The Morgan fingerprint density at radius 2 is 2.26 bits per heavy atom. The van der Waals surface area contributed by atoms with E-state index in [2.05, 4.69) is 10.3 Å². The van der Waals surface area contributed by atoms with E-state index >= 15 is 0 Å². The summed E-state index contributed by atoms with van der Waals surface area (Å²) < 4.78 is 5.61. The van der Waals surface area contributed by atoms with Crippen molar-refractivity contribution in [2.24, 2.45) is 0 Å². The lowest BCUT2D eigenvalue weighted by Gasteiger charge is -2.21. The SMILES string of the molecule is CC(=O)N(C[C@@H]1CCCO1)c1nc(C)c(C(=O)Nc2cc(Cl)ccc2O)s1. The predicted octanol–water partition coefficient (Wildman–Crippen LogP) is 3.59. The summed E-state index contributed by atoms with van der Waals surface area (Å²) in [6.45, 7) is 4.29. The molecule has 7 nitrogen and oxygen atoms in total. The first-order valence-corrected chi connectivity index (χ1v) is 9.71. The smallest absolute Gasteiger partial charge is 0.267 e. The third-order valence-corrected chi connectivity index (χ3v) is 5.63. The van der Waals surface area contributed by atoms with Crippen molar-refractivity contribution in [3.05, 3.63) is 33.8 Å². The van der Waals surface area contributed by atoms with Crippen molar-refractivity contribution in [2.75, 3.05) is 23.4 Å². The maximum absolute atomic E-state index is 12.6. The summed E-state index contributed by atoms with van der Waals surface area (Å²) in [6, 6.07) is 4.39. The molecule has 0 spiro atoms. The van der Waals surface area contributed by atoms with Crippen LogP contribution in [0.1, 0.15) is 35.1 Å². The number of rotatable bonds is 5. The summed E-state index contributed by atoms with van der Waals surface area (Å²) in [4.78, 5) is 31.0. The van der Waals surface area contributed by atoms with Crippen LogP contribution in [0.2, 0.25) is 5.02 Å². The highest BCUT2D eigenvalue weighted by atomic mass is 35.5. The van der Waals surface area contributed by atoms with Gasteiger partial charge in [0.15, 0.2) is 5.13 Å². The fraction of sp³-hybridized carbons (Fsp3) is 0.389. The van der Waals surface area contributed by atoms with Crippen LogP contribution >= 0.6 is 22.9 Å². The molecular weight excluding hydrogens is 390 g/mol. The summed E-state index contributed by atoms with van der Waals surface area (Å²) in [5.41, 5.74) is 0.720. The van der Waals surface area contributed by atoms with Crippen molar-refractivity contribution >= 4 is 45.6 Å². The van der Waals surface area contributed by atoms with Crippen LogP contribution in [0, 0.1) is 6.92 Å². The van der Waals surface area contributed by atoms with Crippen LogP contribution in [0.5, 0.6) is 5.75 Å². The molecule has 2 aromatic rings. The van der Waals surface area contributed by atoms with E-state index in [1.807, 2.05) is 0 Å². The van der Waals surface area contributed by atoms with Crippen molar-refractivity contribution in [1.29, 1.82) is 0 Å². The normalized spacial score (nSPS) is 16.3. The Hall–Kier alpha value is -2.16. The van der Waals surface area contributed by atoms with E-state index in [0.717, 1.165) is 24.2 Å². The van der Waals surface area contributed by atoms with Gasteiger partial charge in [-0.05, 0) is 38.0 Å². The van der Waals surface area contributed by atoms with Crippen molar-refractivity contribution in [1.82, 2.24) is 4.98 Å². The summed E-state index contributed by atoms with van der Waals surface area (Å²) in [7, 11) is 0. The second-order valence-electron chi connectivity index (χ2n) is 6.29. The predicted molar refractivity (Wildman–Crippen MR) is 105 cm³/mol. The van der Waals surface area contributed by atoms with Gasteiger partial charge in [0.25, 0.3) is 5.91 Å². The Kier molecular flexibility index (Phi) is 5.98. The summed E-state index contributed by atoms with van der Waals surface area (Å²) >= 11 is 7.04. The molecule has 1 aromatic carbocycles. The second kappa shape index (κ2) is 8.24. The average molecular weight is 410 g/mol. The maximum Gasteiger partial charge on any atom is 0.267 e. The highest BCUT2D eigenvalue weighted by molar-refractivity contribution is 7.17. The second-order valence-corrected chi connectivity index (χ2v) is 7.71. The quantitative estimate of drug-likeness (QED) is 0.736. The summed E-state index contributed by atoms with van der Waals surface area (Å²) in [5.74, 6) is -0.660. The fourth-order valence-electron chi connectivity index (χ4n) is 2.83. The largest absolute Gasteiger partial charge is 0.506 e. The number of hydrogen-bond donors (Lipinski definition) is 2. The molecule has 1 aliphatic rings. The monoisotopic (exact) mass is 409 g/mol. The van der Waals surface area contributed by atoms with Gasteiger partial charge >= 0.3 is 0 Å². The molecule has 1 fully saturated rings. The van der Waals surface area contributed by atoms with E-state index in [1.165, 1.54) is 25.1 Å². The number of benzene rings is 1. The third-order valence-electron chi connectivity index (χ3n) is 4.22. The average Bonchev–Trinajstić information content (AvgIpc) is 3.25. The summed E-state index contributed by atoms with van der Waals surface area (Å²) in [5, 5.41) is 13.4. The van der Waals surface area contributed by atoms with Gasteiger partial charge in [-0.3, -0.25) is 14.5 Å². The molecule has 1 atom stereocenters. The van der Waals surface area contributed by atoms with Gasteiger partial charge in [-0.1, -0.05) is 22.9 Å². The van der Waals surface area contributed by atoms with Crippen LogP contribution in [-0.4, -0.2) is 41.2 Å². The van der Waals surface area contributed by atoms with Gasteiger partial charge in [-0.2, -0.15) is 0 Å². The van der Waals surface area contributed by atoms with Gasteiger partial charge in [-0.15, -0.1) is 0 Å². The number of aryl methyl sites for hydroxylation is 1. The number of anilines is 2. The first kappa shape index (κ1) is 19.6. The zero-order valence-electron chi connectivity index (χ0n) is 15.0. The molecule has 2 heterocycles. The molecule has 1 aromatic heterocycles. The fourth-order valence-corrected chi connectivity index (χ4v) is 4.02. The summed E-state index contributed by atoms with van der Waals surface area (Å²) in [6.07, 6.45) is 1.86. The highest BCUT2D eigenvalue weighted by Crippen LogP contribution is 2.31. The van der Waals surface area contributed by atoms with Crippen molar-refractivity contribution in [3.63, 3.8) is 0 Å². The van der Waals surface area contributed by atoms with Crippen LogP contribution in [0.4, 0.5) is 10.8 Å². The van der Waals surface area contributed by atoms with Crippen LogP contribution in [0.3, 0.4) is 0 Å². The number of phenols is 1. The number of ether oxygens (including phenoxy) is 1. The number of carbonyl (C=O) groups excluding carboxylic acids is 2. The number of phenolic OH excluding ortho intramolecular Hbond substituents is 1. The van der Waals surface area contributed by atoms with E-state index in [1.54, 1.807) is 11.8 Å². The first-order valence-electron chi connectivity index (χ1n) is 8.52. The lowest BCUT2D eigenvalue weighted by molar-refractivity contribution is -0.116. The molecule has 2 amide bonds. The van der Waals surface area contributed by atoms with Gasteiger partial charge in [-0.25, -0.2) is 4.98 Å². The standard InChI is InChI=1S/C18H20ClN3O4S/c1-10-16(17(25)21-14-8-12(19)5-6-15(14)24)27-18(20-10)22(11(2)23)9-13-4-3-7-26-13/h5-6,8,13,24H,3-4,7,9H2,1-2H3,(H,21,25)/t13-/m0/s1. The number of nitrogens with zero attached hydrogens (tertiary/aromatic N) is 2. The molecule has 2 N–H and O–H groups in total. The van der Waals surface area contributed by atoms with Crippen LogP contribution < -0.4 is 10.2 Å². The molecule has 0 radical (unpaired) electrons. The Morgan fingerprint density at radius 1 is 1.48 bits per heavy atom. The van der Waals surface area contributed by atoms with E-state index in [4.69, 9.17) is 16.3 Å². The number of aromatic hydroxyl groups is 1. The molecule has 0 unspecified atom stereocenters. The Bertz CT molecular complexity index is 864. The van der Waals surface area contributed by atoms with E-state index < -0.39 is 5.91 Å². The third kappa shape index (κ3) is 4.58. The molecule has 1 saturated heterocycles. The molecular formula is C18H20ClN3O4S. The minimum Gasteiger partial charge on any atom is -0.506 e. The zero-order chi connectivity index (χ0) is 19.6. The van der Waals surface area contributed by atoms with Gasteiger partial charge < -0.3 is 15.2 Å². The van der Waals surface area contributed by atoms with Crippen molar-refractivity contribution in [3.8, 4) is 5.75 Å². The number of nitrogens with one attached hydrogen (secondary N) is 1. The first-order chi connectivity index (χ1) is 12.8. The number of carbonyl (C=O) groups is 2. The molecule has 144 valence electrons. The molecule has 3 rings (SSSR count). The van der Waals surface area contributed by atoms with Gasteiger partial charge in [0.2, 0.25) is 5.91 Å². The van der Waals surface area contributed by atoms with E-state index in [9.17, 15) is 14.7 Å².